The molecular formula is C21H27IN2O2. The zero-order chi connectivity index (χ0) is 18.6. The van der Waals surface area contributed by atoms with E-state index in [0.717, 1.165) is 33.7 Å². The van der Waals surface area contributed by atoms with E-state index in [-0.39, 0.29) is 12.5 Å². The Balaban J connectivity index is 1.66. The predicted octanol–water partition coefficient (Wildman–Crippen LogP) is 5.69. The van der Waals surface area contributed by atoms with Crippen LogP contribution in [0.2, 0.25) is 0 Å². The summed E-state index contributed by atoms with van der Waals surface area (Å²) in [5.41, 5.74) is 1.71. The van der Waals surface area contributed by atoms with E-state index in [1.165, 1.54) is 25.7 Å². The summed E-state index contributed by atoms with van der Waals surface area (Å²) >= 11 is 2.24. The van der Waals surface area contributed by atoms with Gasteiger partial charge in [0, 0.05) is 14.9 Å². The molecule has 0 saturated heterocycles. The monoisotopic (exact) mass is 466 g/mol. The quantitative estimate of drug-likeness (QED) is 0.331. The molecule has 26 heavy (non-hydrogen) atoms. The standard InChI is InChI=1S/C21H27IN2O2/c1-2-3-4-5-6-15-26-20-13-11-18(12-14-20)23-16-21(25)24-19-9-7-17(22)8-10-19/h7-14,23H,2-6,15-16H2,1H3,(H,24,25). The lowest BCUT2D eigenvalue weighted by molar-refractivity contribution is -0.114. The molecular weight excluding hydrogens is 439 g/mol. The molecule has 0 radical (unpaired) electrons. The normalized spacial score (nSPS) is 10.4. The van der Waals surface area contributed by atoms with Crippen molar-refractivity contribution in [1.82, 2.24) is 0 Å². The van der Waals surface area contributed by atoms with Gasteiger partial charge >= 0.3 is 0 Å². The van der Waals surface area contributed by atoms with Gasteiger partial charge in [0.1, 0.15) is 5.75 Å². The Hall–Kier alpha value is -1.76. The van der Waals surface area contributed by atoms with E-state index in [2.05, 4.69) is 40.1 Å². The summed E-state index contributed by atoms with van der Waals surface area (Å²) in [5, 5.41) is 5.99. The summed E-state index contributed by atoms with van der Waals surface area (Å²) in [6, 6.07) is 15.5. The Labute approximate surface area is 169 Å². The Morgan fingerprint density at radius 2 is 1.58 bits per heavy atom. The average Bonchev–Trinajstić information content (AvgIpc) is 2.66. The minimum Gasteiger partial charge on any atom is -0.494 e. The van der Waals surface area contributed by atoms with E-state index in [0.29, 0.717) is 0 Å². The lowest BCUT2D eigenvalue weighted by Gasteiger charge is -2.10. The molecule has 0 aliphatic carbocycles. The fraction of sp³-hybridized carbons (Fsp3) is 0.381. The number of halogens is 1. The molecule has 0 atom stereocenters. The molecule has 5 heteroatoms. The fourth-order valence-electron chi connectivity index (χ4n) is 2.49. The Bertz CT molecular complexity index is 657. The number of carbonyl (C=O) groups is 1. The summed E-state index contributed by atoms with van der Waals surface area (Å²) in [7, 11) is 0. The van der Waals surface area contributed by atoms with Crippen LogP contribution < -0.4 is 15.4 Å². The number of nitrogens with one attached hydrogen (secondary N) is 2. The van der Waals surface area contributed by atoms with Gasteiger partial charge in [-0.1, -0.05) is 32.6 Å². The van der Waals surface area contributed by atoms with Crippen LogP contribution in [0.15, 0.2) is 48.5 Å². The molecule has 2 N–H and O–H groups in total. The second-order valence-corrected chi connectivity index (χ2v) is 7.44. The number of carbonyl (C=O) groups excluding carboxylic acids is 1. The van der Waals surface area contributed by atoms with Gasteiger partial charge in [-0.3, -0.25) is 4.79 Å². The molecule has 2 aromatic carbocycles. The van der Waals surface area contributed by atoms with Crippen LogP contribution in [0.4, 0.5) is 11.4 Å². The number of hydrogen-bond donors (Lipinski definition) is 2. The average molecular weight is 466 g/mol. The molecule has 2 rings (SSSR count). The maximum Gasteiger partial charge on any atom is 0.243 e. The lowest BCUT2D eigenvalue weighted by atomic mass is 10.2. The van der Waals surface area contributed by atoms with E-state index in [1.54, 1.807) is 0 Å². The highest BCUT2D eigenvalue weighted by atomic mass is 127. The molecule has 0 spiro atoms. The SMILES string of the molecule is CCCCCCCOc1ccc(NCC(=O)Nc2ccc(I)cc2)cc1. The van der Waals surface area contributed by atoms with Crippen molar-refractivity contribution in [3.63, 3.8) is 0 Å². The summed E-state index contributed by atoms with van der Waals surface area (Å²) in [4.78, 5) is 12.0. The van der Waals surface area contributed by atoms with Gasteiger partial charge in [-0.05, 0) is 77.5 Å². The van der Waals surface area contributed by atoms with Crippen molar-refractivity contribution >= 4 is 39.9 Å². The highest BCUT2D eigenvalue weighted by Crippen LogP contribution is 2.16. The van der Waals surface area contributed by atoms with Gasteiger partial charge in [0.25, 0.3) is 0 Å². The summed E-state index contributed by atoms with van der Waals surface area (Å²) in [5.74, 6) is 0.799. The van der Waals surface area contributed by atoms with E-state index in [9.17, 15) is 4.79 Å². The van der Waals surface area contributed by atoms with Gasteiger partial charge in [0.15, 0.2) is 0 Å². The molecule has 0 aromatic heterocycles. The summed E-state index contributed by atoms with van der Waals surface area (Å²) < 4.78 is 6.89. The van der Waals surface area contributed by atoms with Gasteiger partial charge in [0.2, 0.25) is 5.91 Å². The molecule has 0 bridgehead atoms. The molecule has 0 aliphatic heterocycles. The topological polar surface area (TPSA) is 50.4 Å². The van der Waals surface area contributed by atoms with Crippen LogP contribution in [0.1, 0.15) is 39.0 Å². The lowest BCUT2D eigenvalue weighted by Crippen LogP contribution is -2.21. The largest absolute Gasteiger partial charge is 0.494 e. The number of anilines is 2. The molecule has 140 valence electrons. The third-order valence-corrected chi connectivity index (χ3v) is 4.67. The number of benzene rings is 2. The van der Waals surface area contributed by atoms with Gasteiger partial charge in [-0.25, -0.2) is 0 Å². The third-order valence-electron chi connectivity index (χ3n) is 3.95. The highest BCUT2D eigenvalue weighted by molar-refractivity contribution is 14.1. The third kappa shape index (κ3) is 8.08. The van der Waals surface area contributed by atoms with Crippen LogP contribution in [-0.4, -0.2) is 19.1 Å². The van der Waals surface area contributed by atoms with Crippen molar-refractivity contribution in [3.8, 4) is 5.75 Å². The molecule has 0 heterocycles. The van der Waals surface area contributed by atoms with E-state index in [1.807, 2.05) is 48.5 Å². The van der Waals surface area contributed by atoms with E-state index in [4.69, 9.17) is 4.74 Å². The molecule has 0 saturated carbocycles. The van der Waals surface area contributed by atoms with Crippen molar-refractivity contribution in [3.05, 3.63) is 52.1 Å². The maximum atomic E-state index is 12.0. The minimum atomic E-state index is -0.0707. The highest BCUT2D eigenvalue weighted by Gasteiger charge is 2.03. The molecule has 0 aliphatic rings. The number of rotatable bonds is 11. The number of unbranched alkanes of at least 4 members (excludes halogenated alkanes) is 4. The number of hydrogen-bond acceptors (Lipinski definition) is 3. The molecule has 2 aromatic rings. The van der Waals surface area contributed by atoms with Crippen LogP contribution >= 0.6 is 22.6 Å². The van der Waals surface area contributed by atoms with E-state index >= 15 is 0 Å². The predicted molar refractivity (Wildman–Crippen MR) is 117 cm³/mol. The van der Waals surface area contributed by atoms with Crippen LogP contribution in [0.25, 0.3) is 0 Å². The Morgan fingerprint density at radius 3 is 2.27 bits per heavy atom. The zero-order valence-corrected chi connectivity index (χ0v) is 17.4. The van der Waals surface area contributed by atoms with Gasteiger partial charge < -0.3 is 15.4 Å². The summed E-state index contributed by atoms with van der Waals surface area (Å²) in [6.45, 7) is 3.20. The number of amides is 1. The number of ether oxygens (including phenoxy) is 1. The Kier molecular flexibility index (Phi) is 9.31. The first-order valence-corrected chi connectivity index (χ1v) is 10.3. The first-order valence-electron chi connectivity index (χ1n) is 9.19. The van der Waals surface area contributed by atoms with Crippen LogP contribution in [0, 0.1) is 3.57 Å². The van der Waals surface area contributed by atoms with Crippen molar-refractivity contribution in [2.75, 3.05) is 23.8 Å². The molecule has 0 fully saturated rings. The van der Waals surface area contributed by atoms with Gasteiger partial charge in [-0.2, -0.15) is 0 Å². The van der Waals surface area contributed by atoms with E-state index < -0.39 is 0 Å². The maximum absolute atomic E-state index is 12.0. The second-order valence-electron chi connectivity index (χ2n) is 6.20. The molecule has 1 amide bonds. The second kappa shape index (κ2) is 11.8. The van der Waals surface area contributed by atoms with Gasteiger partial charge in [0.05, 0.1) is 13.2 Å². The first-order chi connectivity index (χ1) is 12.7. The summed E-state index contributed by atoms with van der Waals surface area (Å²) in [6.07, 6.45) is 6.17. The van der Waals surface area contributed by atoms with Crippen LogP contribution in [-0.2, 0) is 4.79 Å². The molecule has 0 unspecified atom stereocenters. The Morgan fingerprint density at radius 1 is 0.923 bits per heavy atom. The van der Waals surface area contributed by atoms with Crippen molar-refractivity contribution < 1.29 is 9.53 Å². The fourth-order valence-corrected chi connectivity index (χ4v) is 2.84. The minimum absolute atomic E-state index is 0.0707. The van der Waals surface area contributed by atoms with Crippen LogP contribution in [0.3, 0.4) is 0 Å². The van der Waals surface area contributed by atoms with Gasteiger partial charge in [-0.15, -0.1) is 0 Å². The zero-order valence-electron chi connectivity index (χ0n) is 15.3. The van der Waals surface area contributed by atoms with Crippen molar-refractivity contribution in [2.45, 2.75) is 39.0 Å². The first kappa shape index (κ1) is 20.6. The molecule has 4 nitrogen and oxygen atoms in total. The smallest absolute Gasteiger partial charge is 0.243 e. The van der Waals surface area contributed by atoms with Crippen LogP contribution in [0.5, 0.6) is 5.75 Å². The van der Waals surface area contributed by atoms with Crippen molar-refractivity contribution in [1.29, 1.82) is 0 Å². The van der Waals surface area contributed by atoms with Crippen molar-refractivity contribution in [2.24, 2.45) is 0 Å².